The lowest BCUT2D eigenvalue weighted by atomic mass is 10.1. The Bertz CT molecular complexity index is 98.6. The van der Waals surface area contributed by atoms with Crippen LogP contribution in [0.25, 0.3) is 0 Å². The number of hydrogen-bond acceptors (Lipinski definition) is 1. The molecule has 0 aromatic rings. The maximum absolute atomic E-state index is 3.95. The van der Waals surface area contributed by atoms with Gasteiger partial charge in [-0.05, 0) is 37.8 Å². The molecule has 1 heteroatoms. The molecule has 0 amide bonds. The van der Waals surface area contributed by atoms with Gasteiger partial charge in [0.05, 0.1) is 0 Å². The average Bonchev–Trinajstić information content (AvgIpc) is 2.23. The quantitative estimate of drug-likeness (QED) is 0.424. The molecule has 1 nitrogen and oxygen atoms in total. The summed E-state index contributed by atoms with van der Waals surface area (Å²) in [5.41, 5.74) is 0. The van der Waals surface area contributed by atoms with Gasteiger partial charge in [-0.2, -0.15) is 0 Å². The van der Waals surface area contributed by atoms with Crippen LogP contribution in [0, 0.1) is 13.0 Å². The van der Waals surface area contributed by atoms with E-state index in [0.717, 1.165) is 12.0 Å². The number of nitrogens with zero attached hydrogens (tertiary/aromatic N) is 1. The van der Waals surface area contributed by atoms with Crippen molar-refractivity contribution in [3.63, 3.8) is 0 Å². The molecule has 1 saturated carbocycles. The van der Waals surface area contributed by atoms with E-state index < -0.39 is 0 Å². The van der Waals surface area contributed by atoms with Gasteiger partial charge in [-0.15, -0.1) is 0 Å². The molecule has 2 atom stereocenters. The van der Waals surface area contributed by atoms with Crippen LogP contribution in [0.3, 0.4) is 0 Å². The summed E-state index contributed by atoms with van der Waals surface area (Å²) in [6, 6.07) is 0.861. The first-order chi connectivity index (χ1) is 3.86. The Morgan fingerprint density at radius 1 is 1.38 bits per heavy atom. The van der Waals surface area contributed by atoms with E-state index in [1.54, 1.807) is 0 Å². The fraction of sp³-hybridized carbons (Fsp3) is 0.857. The van der Waals surface area contributed by atoms with Crippen LogP contribution in [0.4, 0.5) is 0 Å². The summed E-state index contributed by atoms with van der Waals surface area (Å²) in [5, 5.41) is 0. The van der Waals surface area contributed by atoms with Gasteiger partial charge in [-0.25, -0.2) is 0 Å². The van der Waals surface area contributed by atoms with E-state index >= 15 is 0 Å². The molecule has 2 bridgehead atoms. The average molecular weight is 110 g/mol. The zero-order valence-corrected chi connectivity index (χ0v) is 5.14. The van der Waals surface area contributed by atoms with Crippen molar-refractivity contribution < 1.29 is 0 Å². The van der Waals surface area contributed by atoms with Crippen molar-refractivity contribution in [2.45, 2.75) is 25.3 Å². The van der Waals surface area contributed by atoms with Crippen molar-refractivity contribution in [2.24, 2.45) is 5.92 Å². The maximum Gasteiger partial charge on any atom is -0.0181 e. The second kappa shape index (κ2) is 1.47. The molecule has 1 heterocycles. The Morgan fingerprint density at radius 3 is 2.50 bits per heavy atom. The molecule has 0 N–H and O–H groups in total. The van der Waals surface area contributed by atoms with Crippen molar-refractivity contribution in [1.82, 2.24) is 4.90 Å². The summed E-state index contributed by atoms with van der Waals surface area (Å²) < 4.78 is 0. The third-order valence-electron chi connectivity index (χ3n) is 2.52. The predicted octanol–water partition coefficient (Wildman–Crippen LogP) is 1.26. The van der Waals surface area contributed by atoms with Crippen LogP contribution in [-0.4, -0.2) is 17.5 Å². The van der Waals surface area contributed by atoms with E-state index in [1.165, 1.54) is 25.8 Å². The van der Waals surface area contributed by atoms with Crippen LogP contribution in [-0.2, 0) is 0 Å². The molecule has 0 aromatic heterocycles. The summed E-state index contributed by atoms with van der Waals surface area (Å²) >= 11 is 0. The van der Waals surface area contributed by atoms with Crippen LogP contribution in [0.5, 0.6) is 0 Å². The van der Waals surface area contributed by atoms with Crippen LogP contribution in [0.1, 0.15) is 19.3 Å². The first-order valence-electron chi connectivity index (χ1n) is 3.43. The van der Waals surface area contributed by atoms with Gasteiger partial charge in [0, 0.05) is 0 Å². The molecule has 2 fully saturated rings. The molecule has 2 aliphatic rings. The Balaban J connectivity index is 2.11. The molecule has 8 heavy (non-hydrogen) atoms. The Kier molecular flexibility index (Phi) is 0.884. The van der Waals surface area contributed by atoms with Gasteiger partial charge in [0.25, 0.3) is 0 Å². The van der Waals surface area contributed by atoms with Gasteiger partial charge in [0.1, 0.15) is 0 Å². The molecule has 1 saturated heterocycles. The molecule has 0 spiro atoms. The van der Waals surface area contributed by atoms with Gasteiger partial charge >= 0.3 is 0 Å². The Morgan fingerprint density at radius 2 is 2.25 bits per heavy atom. The predicted molar refractivity (Wildman–Crippen MR) is 33.2 cm³/mol. The molecule has 0 aromatic carbocycles. The van der Waals surface area contributed by atoms with Gasteiger partial charge in [-0.1, -0.05) is 0 Å². The number of fused-ring (bicyclic) bond motifs is 2. The van der Waals surface area contributed by atoms with E-state index in [-0.39, 0.29) is 0 Å². The minimum Gasteiger partial charge on any atom is -0.456 e. The SMILES string of the molecule is [CH2-]N1C[C@@H]2CC[C@H]1C2. The van der Waals surface area contributed by atoms with E-state index in [9.17, 15) is 0 Å². The minimum atomic E-state index is 0.861. The van der Waals surface area contributed by atoms with Crippen LogP contribution >= 0.6 is 0 Å². The lowest BCUT2D eigenvalue weighted by Gasteiger charge is -2.29. The highest BCUT2D eigenvalue weighted by molar-refractivity contribution is 4.91. The highest BCUT2D eigenvalue weighted by Crippen LogP contribution is 2.36. The fourth-order valence-electron chi connectivity index (χ4n) is 2.03. The Labute approximate surface area is 50.7 Å². The minimum absolute atomic E-state index is 0.861. The van der Waals surface area contributed by atoms with Crippen molar-refractivity contribution in [1.29, 1.82) is 0 Å². The van der Waals surface area contributed by atoms with Gasteiger partial charge < -0.3 is 4.90 Å². The molecule has 2 rings (SSSR count). The largest absolute Gasteiger partial charge is 0.456 e. The molecule has 46 valence electrons. The maximum atomic E-state index is 3.95. The zero-order valence-electron chi connectivity index (χ0n) is 5.14. The van der Waals surface area contributed by atoms with Gasteiger partial charge in [0.15, 0.2) is 0 Å². The van der Waals surface area contributed by atoms with Crippen LogP contribution < -0.4 is 0 Å². The third kappa shape index (κ3) is 0.510. The molecular formula is C7H12N-. The number of piperidine rings is 1. The lowest BCUT2D eigenvalue weighted by Crippen LogP contribution is -2.25. The number of rotatable bonds is 0. The number of likely N-dealkylation sites (tertiary alicyclic amines) is 1. The second-order valence-corrected chi connectivity index (χ2v) is 3.10. The summed E-state index contributed by atoms with van der Waals surface area (Å²) in [7, 11) is 3.95. The molecule has 1 aliphatic carbocycles. The first-order valence-corrected chi connectivity index (χ1v) is 3.43. The van der Waals surface area contributed by atoms with Crippen molar-refractivity contribution in [3.05, 3.63) is 7.05 Å². The molecule has 0 radical (unpaired) electrons. The second-order valence-electron chi connectivity index (χ2n) is 3.10. The van der Waals surface area contributed by atoms with E-state index in [1.807, 2.05) is 0 Å². The van der Waals surface area contributed by atoms with Crippen LogP contribution in [0.15, 0.2) is 0 Å². The summed E-state index contributed by atoms with van der Waals surface area (Å²) in [5.74, 6) is 1.01. The van der Waals surface area contributed by atoms with Gasteiger partial charge in [-0.3, -0.25) is 7.05 Å². The molecule has 0 unspecified atom stereocenters. The standard InChI is InChI=1S/C7H12N/c1-8-5-6-2-3-7(8)4-6/h6-7H,1-5H2/q-1/t6-,7+/m1/s1. The normalized spacial score (nSPS) is 46.1. The van der Waals surface area contributed by atoms with Crippen molar-refractivity contribution >= 4 is 0 Å². The summed E-state index contributed by atoms with van der Waals surface area (Å²) in [6.45, 7) is 1.27. The topological polar surface area (TPSA) is 3.24 Å². The zero-order chi connectivity index (χ0) is 5.56. The first kappa shape index (κ1) is 4.80. The highest BCUT2D eigenvalue weighted by Gasteiger charge is 2.31. The summed E-state index contributed by atoms with van der Waals surface area (Å²) in [6.07, 6.45) is 4.31. The Hall–Kier alpha value is -0.0400. The highest BCUT2D eigenvalue weighted by atomic mass is 15.2. The van der Waals surface area contributed by atoms with E-state index in [0.29, 0.717) is 0 Å². The van der Waals surface area contributed by atoms with Gasteiger partial charge in [0.2, 0.25) is 0 Å². The summed E-state index contributed by atoms with van der Waals surface area (Å²) in [4.78, 5) is 2.26. The van der Waals surface area contributed by atoms with Crippen molar-refractivity contribution in [2.75, 3.05) is 6.54 Å². The number of hydrogen-bond donors (Lipinski definition) is 0. The smallest absolute Gasteiger partial charge is 0.0181 e. The fourth-order valence-corrected chi connectivity index (χ4v) is 2.03. The third-order valence-corrected chi connectivity index (χ3v) is 2.52. The van der Waals surface area contributed by atoms with E-state index in [2.05, 4.69) is 11.9 Å². The monoisotopic (exact) mass is 110 g/mol. The van der Waals surface area contributed by atoms with Crippen molar-refractivity contribution in [3.8, 4) is 0 Å². The van der Waals surface area contributed by atoms with Crippen LogP contribution in [0.2, 0.25) is 0 Å². The van der Waals surface area contributed by atoms with E-state index in [4.69, 9.17) is 0 Å². The lowest BCUT2D eigenvalue weighted by molar-refractivity contribution is 0.289. The molecular weight excluding hydrogens is 98.1 g/mol. The molecule has 1 aliphatic heterocycles.